The van der Waals surface area contributed by atoms with Crippen LogP contribution in [0.1, 0.15) is 29.5 Å². The van der Waals surface area contributed by atoms with Crippen LogP contribution in [0.4, 0.5) is 0 Å². The Morgan fingerprint density at radius 1 is 1.54 bits per heavy atom. The van der Waals surface area contributed by atoms with Gasteiger partial charge in [0, 0.05) is 5.92 Å². The summed E-state index contributed by atoms with van der Waals surface area (Å²) >= 11 is 0. The molecule has 1 aromatic rings. The van der Waals surface area contributed by atoms with Crippen molar-refractivity contribution in [2.24, 2.45) is 0 Å². The largest absolute Gasteiger partial charge is 0.303 e. The molecule has 0 saturated carbocycles. The van der Waals surface area contributed by atoms with E-state index in [1.807, 2.05) is 19.1 Å². The van der Waals surface area contributed by atoms with E-state index in [9.17, 15) is 4.79 Å². The highest BCUT2D eigenvalue weighted by molar-refractivity contribution is 5.64. The minimum Gasteiger partial charge on any atom is -0.303 e. The third-order valence-electron chi connectivity index (χ3n) is 2.02. The second-order valence-electron chi connectivity index (χ2n) is 3.13. The summed E-state index contributed by atoms with van der Waals surface area (Å²) in [7, 11) is 0. The fourth-order valence-electron chi connectivity index (χ4n) is 1.23. The van der Waals surface area contributed by atoms with Crippen LogP contribution < -0.4 is 0 Å². The van der Waals surface area contributed by atoms with Crippen molar-refractivity contribution in [3.05, 3.63) is 34.9 Å². The minimum atomic E-state index is -0.199. The van der Waals surface area contributed by atoms with E-state index in [4.69, 9.17) is 5.26 Å². The Hall–Kier alpha value is -1.62. The van der Waals surface area contributed by atoms with Gasteiger partial charge in [-0.2, -0.15) is 5.26 Å². The molecule has 1 unspecified atom stereocenters. The van der Waals surface area contributed by atoms with E-state index < -0.39 is 0 Å². The molecule has 0 fully saturated rings. The van der Waals surface area contributed by atoms with Gasteiger partial charge < -0.3 is 4.79 Å². The number of nitrogens with zero attached hydrogens (tertiary/aromatic N) is 1. The Balaban J connectivity index is 3.25. The first-order valence-corrected chi connectivity index (χ1v) is 4.15. The topological polar surface area (TPSA) is 40.9 Å². The van der Waals surface area contributed by atoms with Crippen molar-refractivity contribution in [2.45, 2.75) is 19.8 Å². The van der Waals surface area contributed by atoms with E-state index >= 15 is 0 Å². The number of aldehydes is 1. The average molecular weight is 173 g/mol. The van der Waals surface area contributed by atoms with Crippen molar-refractivity contribution < 1.29 is 4.79 Å². The van der Waals surface area contributed by atoms with Gasteiger partial charge in [-0.1, -0.05) is 24.6 Å². The normalized spacial score (nSPS) is 11.8. The first-order chi connectivity index (χ1) is 6.19. The first-order valence-electron chi connectivity index (χ1n) is 4.15. The number of rotatable bonds is 2. The van der Waals surface area contributed by atoms with Crippen LogP contribution in [0.5, 0.6) is 0 Å². The predicted molar refractivity (Wildman–Crippen MR) is 50.4 cm³/mol. The Bertz CT molecular complexity index is 363. The van der Waals surface area contributed by atoms with Crippen LogP contribution in [-0.4, -0.2) is 6.29 Å². The van der Waals surface area contributed by atoms with E-state index in [-0.39, 0.29) is 5.92 Å². The average Bonchev–Trinajstić information content (AvgIpc) is 2.16. The maximum Gasteiger partial charge on any atom is 0.127 e. The van der Waals surface area contributed by atoms with E-state index in [0.717, 1.165) is 17.4 Å². The summed E-state index contributed by atoms with van der Waals surface area (Å²) in [6.45, 7) is 3.74. The van der Waals surface area contributed by atoms with Gasteiger partial charge >= 0.3 is 0 Å². The molecule has 0 saturated heterocycles. The van der Waals surface area contributed by atoms with Gasteiger partial charge in [0.25, 0.3) is 0 Å². The first kappa shape index (κ1) is 9.47. The summed E-state index contributed by atoms with van der Waals surface area (Å²) in [5.41, 5.74) is 2.48. The molecular weight excluding hydrogens is 162 g/mol. The summed E-state index contributed by atoms with van der Waals surface area (Å²) in [5.74, 6) is -0.199. The fourth-order valence-corrected chi connectivity index (χ4v) is 1.23. The SMILES string of the molecule is Cc1ccc(C#N)c(C(C)C=O)c1. The minimum absolute atomic E-state index is 0.199. The number of hydrogen-bond acceptors (Lipinski definition) is 2. The summed E-state index contributed by atoms with van der Waals surface area (Å²) < 4.78 is 0. The summed E-state index contributed by atoms with van der Waals surface area (Å²) in [6, 6.07) is 7.59. The molecule has 0 aliphatic rings. The number of hydrogen-bond donors (Lipinski definition) is 0. The third kappa shape index (κ3) is 1.94. The fraction of sp³-hybridized carbons (Fsp3) is 0.273. The van der Waals surface area contributed by atoms with Crippen molar-refractivity contribution in [1.29, 1.82) is 5.26 Å². The van der Waals surface area contributed by atoms with Crippen LogP contribution in [-0.2, 0) is 4.79 Å². The van der Waals surface area contributed by atoms with Crippen LogP contribution in [0.15, 0.2) is 18.2 Å². The molecule has 1 aromatic carbocycles. The zero-order chi connectivity index (χ0) is 9.84. The van der Waals surface area contributed by atoms with E-state index in [1.165, 1.54) is 0 Å². The van der Waals surface area contributed by atoms with E-state index in [0.29, 0.717) is 5.56 Å². The molecule has 1 rings (SSSR count). The molecule has 0 N–H and O–H groups in total. The predicted octanol–water partition coefficient (Wildman–Crippen LogP) is 2.17. The van der Waals surface area contributed by atoms with Crippen molar-refractivity contribution >= 4 is 6.29 Å². The number of carbonyl (C=O) groups is 1. The molecule has 1 atom stereocenters. The van der Waals surface area contributed by atoms with Crippen LogP contribution in [0.3, 0.4) is 0 Å². The molecule has 2 nitrogen and oxygen atoms in total. The summed E-state index contributed by atoms with van der Waals surface area (Å²) in [6.07, 6.45) is 0.857. The second-order valence-corrected chi connectivity index (χ2v) is 3.13. The van der Waals surface area contributed by atoms with Crippen molar-refractivity contribution in [3.63, 3.8) is 0 Å². The maximum atomic E-state index is 10.6. The van der Waals surface area contributed by atoms with Crippen LogP contribution >= 0.6 is 0 Å². The zero-order valence-electron chi connectivity index (χ0n) is 7.74. The molecule has 13 heavy (non-hydrogen) atoms. The number of benzene rings is 1. The molecule has 0 aliphatic heterocycles. The second kappa shape index (κ2) is 3.86. The maximum absolute atomic E-state index is 10.6. The van der Waals surface area contributed by atoms with Crippen molar-refractivity contribution in [3.8, 4) is 6.07 Å². The Labute approximate surface area is 77.8 Å². The number of nitriles is 1. The van der Waals surface area contributed by atoms with E-state index in [2.05, 4.69) is 6.07 Å². The lowest BCUT2D eigenvalue weighted by atomic mass is 9.96. The molecule has 66 valence electrons. The van der Waals surface area contributed by atoms with Gasteiger partial charge in [-0.3, -0.25) is 0 Å². The number of carbonyl (C=O) groups excluding carboxylic acids is 1. The lowest BCUT2D eigenvalue weighted by Crippen LogP contribution is -1.98. The third-order valence-corrected chi connectivity index (χ3v) is 2.02. The van der Waals surface area contributed by atoms with Gasteiger partial charge in [-0.15, -0.1) is 0 Å². The standard InChI is InChI=1S/C11H11NO/c1-8-3-4-10(6-12)11(5-8)9(2)7-13/h3-5,7,9H,1-2H3. The molecule has 0 aromatic heterocycles. The van der Waals surface area contributed by atoms with Crippen molar-refractivity contribution in [2.75, 3.05) is 0 Å². The molecular formula is C11H11NO. The molecule has 0 bridgehead atoms. The molecule has 0 amide bonds. The lowest BCUT2D eigenvalue weighted by molar-refractivity contribution is -0.108. The lowest BCUT2D eigenvalue weighted by Gasteiger charge is -2.07. The van der Waals surface area contributed by atoms with E-state index in [1.54, 1.807) is 13.0 Å². The Kier molecular flexibility index (Phi) is 2.81. The van der Waals surface area contributed by atoms with Crippen molar-refractivity contribution in [1.82, 2.24) is 0 Å². The highest BCUT2D eigenvalue weighted by Crippen LogP contribution is 2.18. The monoisotopic (exact) mass is 173 g/mol. The highest BCUT2D eigenvalue weighted by Gasteiger charge is 2.08. The van der Waals surface area contributed by atoms with Gasteiger partial charge in [-0.05, 0) is 18.6 Å². The molecule has 0 heterocycles. The Morgan fingerprint density at radius 3 is 2.77 bits per heavy atom. The smallest absolute Gasteiger partial charge is 0.127 e. The highest BCUT2D eigenvalue weighted by atomic mass is 16.1. The molecule has 0 radical (unpaired) electrons. The zero-order valence-corrected chi connectivity index (χ0v) is 7.74. The van der Waals surface area contributed by atoms with Crippen LogP contribution in [0.2, 0.25) is 0 Å². The van der Waals surface area contributed by atoms with Gasteiger partial charge in [0.05, 0.1) is 11.6 Å². The quantitative estimate of drug-likeness (QED) is 0.643. The van der Waals surface area contributed by atoms with Gasteiger partial charge in [-0.25, -0.2) is 0 Å². The van der Waals surface area contributed by atoms with Gasteiger partial charge in [0.1, 0.15) is 6.29 Å². The van der Waals surface area contributed by atoms with Crippen LogP contribution in [0.25, 0.3) is 0 Å². The van der Waals surface area contributed by atoms with Crippen LogP contribution in [0, 0.1) is 18.3 Å². The molecule has 2 heteroatoms. The van der Waals surface area contributed by atoms with Gasteiger partial charge in [0.15, 0.2) is 0 Å². The molecule has 0 aliphatic carbocycles. The summed E-state index contributed by atoms with van der Waals surface area (Å²) in [4.78, 5) is 10.6. The summed E-state index contributed by atoms with van der Waals surface area (Å²) in [5, 5.41) is 8.79. The van der Waals surface area contributed by atoms with Gasteiger partial charge in [0.2, 0.25) is 0 Å². The number of aryl methyl sites for hydroxylation is 1. The molecule has 0 spiro atoms. The Morgan fingerprint density at radius 2 is 2.23 bits per heavy atom.